The summed E-state index contributed by atoms with van der Waals surface area (Å²) < 4.78 is 15.4. The van der Waals surface area contributed by atoms with Crippen LogP contribution in [0.5, 0.6) is 11.5 Å². The molecule has 3 rings (SSSR count). The zero-order valence-electron chi connectivity index (χ0n) is 12.0. The number of rotatable bonds is 4. The van der Waals surface area contributed by atoms with E-state index < -0.39 is 6.09 Å². The summed E-state index contributed by atoms with van der Waals surface area (Å²) in [5.74, 6) is 1.87. The smallest absolute Gasteiger partial charge is 0.412 e. The van der Waals surface area contributed by atoms with Gasteiger partial charge in [-0.3, -0.25) is 5.32 Å². The molecule has 0 fully saturated rings. The van der Waals surface area contributed by atoms with Crippen molar-refractivity contribution in [2.24, 2.45) is 0 Å². The molecule has 1 aromatic carbocycles. The predicted octanol–water partition coefficient (Wildman–Crippen LogP) is 3.12. The second-order valence-electron chi connectivity index (χ2n) is 4.47. The maximum atomic E-state index is 11.3. The van der Waals surface area contributed by atoms with Crippen LogP contribution in [-0.2, 0) is 4.74 Å². The first-order chi connectivity index (χ1) is 10.7. The van der Waals surface area contributed by atoms with E-state index >= 15 is 0 Å². The van der Waals surface area contributed by atoms with Gasteiger partial charge in [0.15, 0.2) is 11.5 Å². The van der Waals surface area contributed by atoms with E-state index in [4.69, 9.17) is 14.2 Å². The number of carbonyl (C=O) groups is 1. The molecule has 1 aromatic heterocycles. The first-order valence-corrected chi connectivity index (χ1v) is 6.81. The number of carbonyl (C=O) groups excluding carboxylic acids is 1. The molecule has 0 saturated heterocycles. The Morgan fingerprint density at radius 1 is 1.23 bits per heavy atom. The molecule has 1 amide bonds. The molecular weight excluding hydrogens is 286 g/mol. The number of nitrogens with zero attached hydrogens (tertiary/aromatic N) is 1. The number of ether oxygens (including phenoxy) is 3. The van der Waals surface area contributed by atoms with Gasteiger partial charge in [-0.2, -0.15) is 0 Å². The highest BCUT2D eigenvalue weighted by Gasteiger charge is 2.13. The minimum Gasteiger partial charge on any atom is -0.454 e. The highest BCUT2D eigenvalue weighted by molar-refractivity contribution is 5.83. The van der Waals surface area contributed by atoms with Gasteiger partial charge in [-0.05, 0) is 31.2 Å². The number of anilines is 3. The van der Waals surface area contributed by atoms with Crippen molar-refractivity contribution < 1.29 is 19.0 Å². The van der Waals surface area contributed by atoms with Crippen molar-refractivity contribution in [3.8, 4) is 11.5 Å². The summed E-state index contributed by atoms with van der Waals surface area (Å²) in [6, 6.07) is 9.07. The van der Waals surface area contributed by atoms with E-state index in [0.29, 0.717) is 18.2 Å². The molecular formula is C15H15N3O4. The molecule has 2 heterocycles. The summed E-state index contributed by atoms with van der Waals surface area (Å²) in [6.45, 7) is 2.30. The van der Waals surface area contributed by atoms with E-state index in [0.717, 1.165) is 17.1 Å². The van der Waals surface area contributed by atoms with Crippen LogP contribution >= 0.6 is 0 Å². The lowest BCUT2D eigenvalue weighted by Crippen LogP contribution is -2.14. The molecule has 2 aromatic rings. The lowest BCUT2D eigenvalue weighted by Gasteiger charge is -2.08. The van der Waals surface area contributed by atoms with Crippen molar-refractivity contribution in [3.05, 3.63) is 36.5 Å². The molecule has 114 valence electrons. The number of nitrogens with one attached hydrogen (secondary N) is 2. The second-order valence-corrected chi connectivity index (χ2v) is 4.47. The first-order valence-electron chi connectivity index (χ1n) is 6.81. The van der Waals surface area contributed by atoms with Gasteiger partial charge in [-0.25, -0.2) is 9.78 Å². The largest absolute Gasteiger partial charge is 0.454 e. The number of pyridine rings is 1. The molecule has 0 spiro atoms. The van der Waals surface area contributed by atoms with Crippen LogP contribution < -0.4 is 20.1 Å². The minimum absolute atomic E-state index is 0.245. The minimum atomic E-state index is -0.522. The molecule has 22 heavy (non-hydrogen) atoms. The van der Waals surface area contributed by atoms with Crippen molar-refractivity contribution in [2.75, 3.05) is 24.0 Å². The van der Waals surface area contributed by atoms with Gasteiger partial charge in [0.25, 0.3) is 0 Å². The number of benzene rings is 1. The lowest BCUT2D eigenvalue weighted by atomic mass is 10.2. The molecule has 0 aliphatic carbocycles. The summed E-state index contributed by atoms with van der Waals surface area (Å²) in [4.78, 5) is 15.4. The Labute approximate surface area is 127 Å². The van der Waals surface area contributed by atoms with Crippen molar-refractivity contribution in [3.63, 3.8) is 0 Å². The van der Waals surface area contributed by atoms with Gasteiger partial charge in [0.05, 0.1) is 18.5 Å². The number of aromatic nitrogens is 1. The van der Waals surface area contributed by atoms with Crippen molar-refractivity contribution in [2.45, 2.75) is 6.92 Å². The van der Waals surface area contributed by atoms with Crippen molar-refractivity contribution >= 4 is 23.3 Å². The predicted molar refractivity (Wildman–Crippen MR) is 80.7 cm³/mol. The third-order valence-corrected chi connectivity index (χ3v) is 2.93. The van der Waals surface area contributed by atoms with E-state index in [1.54, 1.807) is 25.3 Å². The standard InChI is InChI=1S/C15H15N3O4/c1-2-20-15(19)18-14-6-4-11(8-16-14)17-10-3-5-12-13(7-10)22-9-21-12/h3-8,17H,2,9H2,1H3,(H,16,18,19). The topological polar surface area (TPSA) is 81.7 Å². The maximum Gasteiger partial charge on any atom is 0.412 e. The van der Waals surface area contributed by atoms with Gasteiger partial charge in [0.2, 0.25) is 6.79 Å². The summed E-state index contributed by atoms with van der Waals surface area (Å²) >= 11 is 0. The fourth-order valence-electron chi connectivity index (χ4n) is 1.95. The Morgan fingerprint density at radius 2 is 2.05 bits per heavy atom. The third-order valence-electron chi connectivity index (χ3n) is 2.93. The Balaban J connectivity index is 1.64. The van der Waals surface area contributed by atoms with E-state index in [2.05, 4.69) is 15.6 Å². The number of hydrogen-bond acceptors (Lipinski definition) is 6. The zero-order valence-corrected chi connectivity index (χ0v) is 12.0. The highest BCUT2D eigenvalue weighted by atomic mass is 16.7. The molecule has 0 bridgehead atoms. The van der Waals surface area contributed by atoms with Crippen LogP contribution in [0.3, 0.4) is 0 Å². The van der Waals surface area contributed by atoms with E-state index in [-0.39, 0.29) is 6.79 Å². The molecule has 1 aliphatic heterocycles. The van der Waals surface area contributed by atoms with Crippen LogP contribution in [0.1, 0.15) is 6.92 Å². The Bertz CT molecular complexity index is 673. The second kappa shape index (κ2) is 6.21. The normalized spacial score (nSPS) is 11.9. The highest BCUT2D eigenvalue weighted by Crippen LogP contribution is 2.35. The van der Waals surface area contributed by atoms with Crippen LogP contribution in [0.15, 0.2) is 36.5 Å². The number of fused-ring (bicyclic) bond motifs is 1. The van der Waals surface area contributed by atoms with E-state index in [1.165, 1.54) is 0 Å². The van der Waals surface area contributed by atoms with Gasteiger partial charge < -0.3 is 19.5 Å². The molecule has 0 radical (unpaired) electrons. The first kappa shape index (κ1) is 14.0. The van der Waals surface area contributed by atoms with E-state index in [9.17, 15) is 4.79 Å². The molecule has 0 saturated carbocycles. The van der Waals surface area contributed by atoms with Gasteiger partial charge in [-0.15, -0.1) is 0 Å². The van der Waals surface area contributed by atoms with Gasteiger partial charge in [0.1, 0.15) is 5.82 Å². The molecule has 7 nitrogen and oxygen atoms in total. The monoisotopic (exact) mass is 301 g/mol. The summed E-state index contributed by atoms with van der Waals surface area (Å²) in [6.07, 6.45) is 1.10. The molecule has 1 aliphatic rings. The summed E-state index contributed by atoms with van der Waals surface area (Å²) in [5.41, 5.74) is 1.64. The van der Waals surface area contributed by atoms with Crippen LogP contribution in [0.25, 0.3) is 0 Å². The Hall–Kier alpha value is -2.96. The number of amides is 1. The Kier molecular flexibility index (Phi) is 3.95. The third kappa shape index (κ3) is 3.20. The Morgan fingerprint density at radius 3 is 2.82 bits per heavy atom. The molecule has 7 heteroatoms. The van der Waals surface area contributed by atoms with Gasteiger partial charge >= 0.3 is 6.09 Å². The van der Waals surface area contributed by atoms with Crippen molar-refractivity contribution in [1.82, 2.24) is 4.98 Å². The molecule has 2 N–H and O–H groups in total. The quantitative estimate of drug-likeness (QED) is 0.903. The van der Waals surface area contributed by atoms with Crippen LogP contribution in [0, 0.1) is 0 Å². The molecule has 0 unspecified atom stereocenters. The fourth-order valence-corrected chi connectivity index (χ4v) is 1.95. The van der Waals surface area contributed by atoms with Crippen LogP contribution in [-0.4, -0.2) is 24.5 Å². The van der Waals surface area contributed by atoms with Crippen LogP contribution in [0.4, 0.5) is 22.0 Å². The fraction of sp³-hybridized carbons (Fsp3) is 0.200. The SMILES string of the molecule is CCOC(=O)Nc1ccc(Nc2ccc3c(c2)OCO3)cn1. The maximum absolute atomic E-state index is 11.3. The average molecular weight is 301 g/mol. The number of hydrogen-bond donors (Lipinski definition) is 2. The summed E-state index contributed by atoms with van der Waals surface area (Å²) in [5, 5.41) is 5.73. The lowest BCUT2D eigenvalue weighted by molar-refractivity contribution is 0.168. The van der Waals surface area contributed by atoms with Crippen molar-refractivity contribution in [1.29, 1.82) is 0 Å². The van der Waals surface area contributed by atoms with E-state index in [1.807, 2.05) is 18.2 Å². The zero-order chi connectivity index (χ0) is 15.4. The van der Waals surface area contributed by atoms with Crippen LogP contribution in [0.2, 0.25) is 0 Å². The van der Waals surface area contributed by atoms with Gasteiger partial charge in [0, 0.05) is 11.8 Å². The van der Waals surface area contributed by atoms with Gasteiger partial charge in [-0.1, -0.05) is 0 Å². The summed E-state index contributed by atoms with van der Waals surface area (Å²) in [7, 11) is 0. The average Bonchev–Trinajstić information content (AvgIpc) is 2.97. The molecule has 0 atom stereocenters.